The predicted molar refractivity (Wildman–Crippen MR) is 113 cm³/mol. The van der Waals surface area contributed by atoms with Gasteiger partial charge in [0.05, 0.1) is 11.6 Å². The molecule has 1 atom stereocenters. The number of amides is 2. The number of hydrogen-bond donors (Lipinski definition) is 2. The Morgan fingerprint density at radius 3 is 2.30 bits per heavy atom. The van der Waals surface area contributed by atoms with Gasteiger partial charge in [-0.15, -0.1) is 0 Å². The largest absolute Gasteiger partial charge is 0.444 e. The van der Waals surface area contributed by atoms with Crippen molar-refractivity contribution in [2.75, 3.05) is 5.32 Å². The van der Waals surface area contributed by atoms with Gasteiger partial charge in [0.25, 0.3) is 5.91 Å². The predicted octanol–water partition coefficient (Wildman–Crippen LogP) is 4.49. The zero-order valence-electron chi connectivity index (χ0n) is 17.6. The third kappa shape index (κ3) is 6.69. The zero-order chi connectivity index (χ0) is 22.3. The number of anilines is 1. The highest BCUT2D eigenvalue weighted by Gasteiger charge is 2.25. The average Bonchev–Trinajstić information content (AvgIpc) is 2.65. The number of halogens is 1. The quantitative estimate of drug-likeness (QED) is 0.699. The van der Waals surface area contributed by atoms with Gasteiger partial charge in [0.1, 0.15) is 11.4 Å². The number of para-hydroxylation sites is 1. The number of ether oxygens (including phenoxy) is 1. The summed E-state index contributed by atoms with van der Waals surface area (Å²) in [7, 11) is 0. The fourth-order valence-corrected chi connectivity index (χ4v) is 2.86. The van der Waals surface area contributed by atoms with Crippen LogP contribution in [0.2, 0.25) is 0 Å². The number of Topliss-reactive ketones (excluding diaryl/α,β-unsaturated/α-hetero) is 1. The maximum atomic E-state index is 14.5. The lowest BCUT2D eigenvalue weighted by Gasteiger charge is -2.22. The van der Waals surface area contributed by atoms with Crippen molar-refractivity contribution in [3.63, 3.8) is 0 Å². The molecule has 0 saturated carbocycles. The second kappa shape index (κ2) is 10.0. The van der Waals surface area contributed by atoms with Crippen LogP contribution in [0.25, 0.3) is 0 Å². The molecule has 2 aromatic carbocycles. The van der Waals surface area contributed by atoms with Crippen LogP contribution in [0.5, 0.6) is 0 Å². The lowest BCUT2D eigenvalue weighted by molar-refractivity contribution is -0.120. The molecule has 2 rings (SSSR count). The summed E-state index contributed by atoms with van der Waals surface area (Å²) >= 11 is 0. The van der Waals surface area contributed by atoms with E-state index in [4.69, 9.17) is 4.74 Å². The van der Waals surface area contributed by atoms with Crippen LogP contribution in [0.3, 0.4) is 0 Å². The normalized spacial score (nSPS) is 12.0. The Kier molecular flexibility index (Phi) is 7.69. The first kappa shape index (κ1) is 23.1. The molecule has 0 heterocycles. The van der Waals surface area contributed by atoms with Gasteiger partial charge >= 0.3 is 6.09 Å². The summed E-state index contributed by atoms with van der Waals surface area (Å²) < 4.78 is 19.7. The van der Waals surface area contributed by atoms with Gasteiger partial charge in [-0.1, -0.05) is 37.3 Å². The van der Waals surface area contributed by atoms with E-state index >= 15 is 0 Å². The molecule has 0 aliphatic carbocycles. The summed E-state index contributed by atoms with van der Waals surface area (Å²) in [6, 6.07) is 12.0. The maximum absolute atomic E-state index is 14.5. The van der Waals surface area contributed by atoms with Crippen LogP contribution in [0.15, 0.2) is 48.5 Å². The Balaban J connectivity index is 2.17. The van der Waals surface area contributed by atoms with Crippen molar-refractivity contribution in [3.8, 4) is 0 Å². The van der Waals surface area contributed by atoms with Crippen LogP contribution in [-0.2, 0) is 16.0 Å². The molecule has 7 heteroatoms. The number of carbonyl (C=O) groups is 3. The van der Waals surface area contributed by atoms with Crippen molar-refractivity contribution in [2.45, 2.75) is 52.2 Å². The highest BCUT2D eigenvalue weighted by molar-refractivity contribution is 6.06. The number of hydrogen-bond acceptors (Lipinski definition) is 4. The number of benzene rings is 2. The Morgan fingerprint density at radius 2 is 1.70 bits per heavy atom. The molecule has 0 bridgehead atoms. The van der Waals surface area contributed by atoms with E-state index in [1.165, 1.54) is 18.2 Å². The number of nitrogens with one attached hydrogen (secondary N) is 2. The van der Waals surface area contributed by atoms with E-state index in [1.807, 2.05) is 0 Å². The minimum atomic E-state index is -0.812. The summed E-state index contributed by atoms with van der Waals surface area (Å²) in [5.41, 5.74) is -0.128. The highest BCUT2D eigenvalue weighted by atomic mass is 19.1. The van der Waals surface area contributed by atoms with Crippen LogP contribution in [0.1, 0.15) is 50.0 Å². The smallest absolute Gasteiger partial charge is 0.408 e. The fourth-order valence-electron chi connectivity index (χ4n) is 2.86. The first-order chi connectivity index (χ1) is 14.1. The monoisotopic (exact) mass is 414 g/mol. The van der Waals surface area contributed by atoms with Gasteiger partial charge < -0.3 is 15.4 Å². The van der Waals surface area contributed by atoms with E-state index in [0.29, 0.717) is 12.1 Å². The number of carbonyl (C=O) groups excluding carboxylic acids is 3. The maximum Gasteiger partial charge on any atom is 0.408 e. The van der Waals surface area contributed by atoms with Crippen molar-refractivity contribution in [2.24, 2.45) is 0 Å². The van der Waals surface area contributed by atoms with Crippen molar-refractivity contribution in [1.29, 1.82) is 0 Å². The molecule has 0 spiro atoms. The molecule has 0 aliphatic heterocycles. The minimum Gasteiger partial charge on any atom is -0.444 e. The number of ketones is 1. The van der Waals surface area contributed by atoms with E-state index in [2.05, 4.69) is 10.6 Å². The first-order valence-electron chi connectivity index (χ1n) is 9.76. The van der Waals surface area contributed by atoms with E-state index in [9.17, 15) is 18.8 Å². The van der Waals surface area contributed by atoms with E-state index in [-0.39, 0.29) is 23.3 Å². The highest BCUT2D eigenvalue weighted by Crippen LogP contribution is 2.18. The van der Waals surface area contributed by atoms with E-state index in [0.717, 1.165) is 0 Å². The molecule has 1 unspecified atom stereocenters. The molecular weight excluding hydrogens is 387 g/mol. The topological polar surface area (TPSA) is 84.5 Å². The number of rotatable bonds is 7. The third-order valence-corrected chi connectivity index (χ3v) is 4.21. The van der Waals surface area contributed by atoms with Gasteiger partial charge in [-0.2, -0.15) is 0 Å². The fraction of sp³-hybridized carbons (Fsp3) is 0.348. The molecule has 2 aromatic rings. The van der Waals surface area contributed by atoms with E-state index in [1.54, 1.807) is 58.0 Å². The Labute approximate surface area is 175 Å². The Bertz CT molecular complexity index is 907. The molecule has 6 nitrogen and oxygen atoms in total. The van der Waals surface area contributed by atoms with Gasteiger partial charge in [-0.25, -0.2) is 9.18 Å². The SMILES string of the molecule is CCC(NC(=O)OC(C)(C)C)C(=O)Cc1cccc(F)c1C(=O)Nc1ccccc1. The number of alkyl carbamates (subject to hydrolysis) is 1. The van der Waals surface area contributed by atoms with Crippen molar-refractivity contribution in [3.05, 3.63) is 65.5 Å². The lowest BCUT2D eigenvalue weighted by atomic mass is 9.97. The van der Waals surface area contributed by atoms with Crippen LogP contribution >= 0.6 is 0 Å². The van der Waals surface area contributed by atoms with Crippen molar-refractivity contribution >= 4 is 23.5 Å². The molecule has 0 saturated heterocycles. The molecule has 0 aromatic heterocycles. The van der Waals surface area contributed by atoms with Gasteiger partial charge in [0, 0.05) is 12.1 Å². The molecule has 2 amide bonds. The summed E-state index contributed by atoms with van der Waals surface area (Å²) in [5, 5.41) is 5.18. The molecule has 2 N–H and O–H groups in total. The summed E-state index contributed by atoms with van der Waals surface area (Å²) in [5.74, 6) is -1.71. The summed E-state index contributed by atoms with van der Waals surface area (Å²) in [6.07, 6.45) is -0.577. The van der Waals surface area contributed by atoms with Gasteiger partial charge in [0.2, 0.25) is 0 Å². The third-order valence-electron chi connectivity index (χ3n) is 4.21. The molecule has 160 valence electrons. The van der Waals surface area contributed by atoms with Gasteiger partial charge in [0.15, 0.2) is 5.78 Å². The standard InChI is InChI=1S/C23H27FN2O4/c1-5-18(26-22(29)30-23(2,3)4)19(27)14-15-10-9-13-17(24)20(15)21(28)25-16-11-7-6-8-12-16/h6-13,18H,5,14H2,1-4H3,(H,25,28)(H,26,29). The van der Waals surface area contributed by atoms with Gasteiger partial charge in [-0.3, -0.25) is 9.59 Å². The van der Waals surface area contributed by atoms with Crippen LogP contribution < -0.4 is 10.6 Å². The van der Waals surface area contributed by atoms with Crippen LogP contribution in [0.4, 0.5) is 14.9 Å². The average molecular weight is 414 g/mol. The summed E-state index contributed by atoms with van der Waals surface area (Å²) in [6.45, 7) is 6.91. The Morgan fingerprint density at radius 1 is 1.03 bits per heavy atom. The van der Waals surface area contributed by atoms with Crippen LogP contribution in [-0.4, -0.2) is 29.4 Å². The van der Waals surface area contributed by atoms with Crippen molar-refractivity contribution < 1.29 is 23.5 Å². The second-order valence-corrected chi connectivity index (χ2v) is 7.84. The molecule has 0 aliphatic rings. The second-order valence-electron chi connectivity index (χ2n) is 7.84. The van der Waals surface area contributed by atoms with E-state index < -0.39 is 29.5 Å². The van der Waals surface area contributed by atoms with Crippen LogP contribution in [0, 0.1) is 5.82 Å². The molecular formula is C23H27FN2O4. The molecule has 30 heavy (non-hydrogen) atoms. The Hall–Kier alpha value is -3.22. The molecule has 0 fully saturated rings. The van der Waals surface area contributed by atoms with Crippen molar-refractivity contribution in [1.82, 2.24) is 5.32 Å². The minimum absolute atomic E-state index is 0.193. The first-order valence-corrected chi connectivity index (χ1v) is 9.76. The summed E-state index contributed by atoms with van der Waals surface area (Å²) in [4.78, 5) is 37.4. The lowest BCUT2D eigenvalue weighted by Crippen LogP contribution is -2.43. The zero-order valence-corrected chi connectivity index (χ0v) is 17.6. The van der Waals surface area contributed by atoms with Gasteiger partial charge in [-0.05, 0) is 51.0 Å². The molecule has 0 radical (unpaired) electrons.